The molecule has 0 aromatic heterocycles. The summed E-state index contributed by atoms with van der Waals surface area (Å²) in [5, 5.41) is 0. The van der Waals surface area contributed by atoms with Crippen LogP contribution in [-0.2, 0) is 35.9 Å². The maximum atomic E-state index is 10.4. The van der Waals surface area contributed by atoms with Gasteiger partial charge in [-0.05, 0) is 6.92 Å². The molecule has 0 spiro atoms. The summed E-state index contributed by atoms with van der Waals surface area (Å²) in [5.41, 5.74) is 0. The Morgan fingerprint density at radius 2 is 1.64 bits per heavy atom. The largest absolute Gasteiger partial charge is 0.393 e. The molecule has 0 unspecified atom stereocenters. The van der Waals surface area contributed by atoms with Gasteiger partial charge in [-0.1, -0.05) is 0 Å². The first-order chi connectivity index (χ1) is 4.52. The van der Waals surface area contributed by atoms with Crippen LogP contribution in [0.25, 0.3) is 0 Å². The third-order valence-electron chi connectivity index (χ3n) is 0.651. The Kier molecular flexibility index (Phi) is 7.13. The van der Waals surface area contributed by atoms with E-state index in [9.17, 15) is 14.4 Å². The van der Waals surface area contributed by atoms with Crippen LogP contribution in [0.2, 0.25) is 0 Å². The number of carbonyl (C=O) groups is 3. The van der Waals surface area contributed by atoms with Crippen LogP contribution in [0.4, 0.5) is 0 Å². The summed E-state index contributed by atoms with van der Waals surface area (Å²) in [6.07, 6.45) is -0.334. The van der Waals surface area contributed by atoms with E-state index in [1.807, 2.05) is 0 Å². The number of hydrogen-bond acceptors (Lipinski definition) is 4. The van der Waals surface area contributed by atoms with Crippen LogP contribution in [-0.4, -0.2) is 17.7 Å². The van der Waals surface area contributed by atoms with Crippen LogP contribution in [0.3, 0.4) is 0 Å². The summed E-state index contributed by atoms with van der Waals surface area (Å²) in [6, 6.07) is 0. The Morgan fingerprint density at radius 1 is 1.18 bits per heavy atom. The Bertz CT molecular complexity index is 157. The van der Waals surface area contributed by atoms with Gasteiger partial charge in [-0.15, -0.1) is 0 Å². The molecule has 65 valence electrons. The van der Waals surface area contributed by atoms with Crippen LogP contribution in [0.1, 0.15) is 20.3 Å². The summed E-state index contributed by atoms with van der Waals surface area (Å²) >= 11 is 0. The standard InChI is InChI=1S/C6H8O4.Co/c1-4(7)3-6(9)10-5(2)8;/h3H2,1-2H3;. The van der Waals surface area contributed by atoms with Crippen LogP contribution < -0.4 is 0 Å². The maximum Gasteiger partial charge on any atom is 0.320 e. The van der Waals surface area contributed by atoms with E-state index in [2.05, 4.69) is 4.74 Å². The zero-order valence-electron chi connectivity index (χ0n) is 6.17. The molecule has 0 atom stereocenters. The van der Waals surface area contributed by atoms with Gasteiger partial charge in [0.1, 0.15) is 12.2 Å². The molecule has 4 nitrogen and oxygen atoms in total. The molecular formula is C6H8CoO4. The molecule has 0 aliphatic rings. The molecule has 0 aliphatic heterocycles. The van der Waals surface area contributed by atoms with Crippen molar-refractivity contribution in [2.24, 2.45) is 0 Å². The van der Waals surface area contributed by atoms with E-state index in [-0.39, 0.29) is 29.0 Å². The first-order valence-electron chi connectivity index (χ1n) is 2.73. The van der Waals surface area contributed by atoms with Crippen molar-refractivity contribution in [1.82, 2.24) is 0 Å². The fourth-order valence-electron chi connectivity index (χ4n) is 0.400. The Morgan fingerprint density at radius 3 is 1.91 bits per heavy atom. The van der Waals surface area contributed by atoms with Crippen LogP contribution >= 0.6 is 0 Å². The van der Waals surface area contributed by atoms with Gasteiger partial charge in [-0.25, -0.2) is 0 Å². The second-order valence-electron chi connectivity index (χ2n) is 1.84. The van der Waals surface area contributed by atoms with Crippen LogP contribution in [0, 0.1) is 0 Å². The van der Waals surface area contributed by atoms with Crippen molar-refractivity contribution in [1.29, 1.82) is 0 Å². The minimum absolute atomic E-state index is 0. The van der Waals surface area contributed by atoms with Gasteiger partial charge in [0, 0.05) is 23.7 Å². The van der Waals surface area contributed by atoms with Gasteiger partial charge < -0.3 is 4.74 Å². The zero-order chi connectivity index (χ0) is 8.15. The second-order valence-corrected chi connectivity index (χ2v) is 1.84. The van der Waals surface area contributed by atoms with Crippen molar-refractivity contribution in [2.45, 2.75) is 20.3 Å². The number of hydrogen-bond donors (Lipinski definition) is 0. The number of esters is 2. The molecule has 0 aromatic rings. The molecule has 11 heavy (non-hydrogen) atoms. The second kappa shape index (κ2) is 6.05. The molecule has 5 heteroatoms. The molecule has 0 amide bonds. The van der Waals surface area contributed by atoms with Crippen LogP contribution in [0.15, 0.2) is 0 Å². The van der Waals surface area contributed by atoms with Crippen molar-refractivity contribution < 1.29 is 35.9 Å². The van der Waals surface area contributed by atoms with E-state index >= 15 is 0 Å². The van der Waals surface area contributed by atoms with E-state index < -0.39 is 11.9 Å². The van der Waals surface area contributed by atoms with Gasteiger partial charge in [-0.2, -0.15) is 0 Å². The van der Waals surface area contributed by atoms with E-state index in [1.165, 1.54) is 6.92 Å². The fraction of sp³-hybridized carbons (Fsp3) is 0.500. The molecule has 0 bridgehead atoms. The minimum Gasteiger partial charge on any atom is -0.393 e. The van der Waals surface area contributed by atoms with Crippen molar-refractivity contribution in [3.05, 3.63) is 0 Å². The molecular weight excluding hydrogens is 195 g/mol. The third kappa shape index (κ3) is 9.32. The van der Waals surface area contributed by atoms with E-state index in [4.69, 9.17) is 0 Å². The first kappa shape index (κ1) is 12.9. The van der Waals surface area contributed by atoms with E-state index in [1.54, 1.807) is 0 Å². The van der Waals surface area contributed by atoms with Crippen LogP contribution in [0.5, 0.6) is 0 Å². The normalized spacial score (nSPS) is 7.82. The number of ether oxygens (including phenoxy) is 1. The summed E-state index contributed by atoms with van der Waals surface area (Å²) < 4.78 is 4.06. The van der Waals surface area contributed by atoms with Gasteiger partial charge >= 0.3 is 11.9 Å². The summed E-state index contributed by atoms with van der Waals surface area (Å²) in [6.45, 7) is 2.36. The summed E-state index contributed by atoms with van der Waals surface area (Å²) in [5.74, 6) is -1.79. The Labute approximate surface area is 74.5 Å². The van der Waals surface area contributed by atoms with Crippen molar-refractivity contribution in [2.75, 3.05) is 0 Å². The molecule has 0 fully saturated rings. The molecule has 1 radical (unpaired) electrons. The molecule has 0 aromatic carbocycles. The quantitative estimate of drug-likeness (QED) is 0.470. The average Bonchev–Trinajstić information content (AvgIpc) is 1.58. The monoisotopic (exact) mass is 203 g/mol. The predicted octanol–water partition coefficient (Wildman–Crippen LogP) is 0.0527. The minimum atomic E-state index is -0.792. The molecule has 0 rings (SSSR count). The average molecular weight is 203 g/mol. The number of rotatable bonds is 2. The summed E-state index contributed by atoms with van der Waals surface area (Å²) in [7, 11) is 0. The first-order valence-corrected chi connectivity index (χ1v) is 2.73. The van der Waals surface area contributed by atoms with Crippen molar-refractivity contribution >= 4 is 17.7 Å². The molecule has 0 saturated carbocycles. The van der Waals surface area contributed by atoms with Gasteiger partial charge in [0.25, 0.3) is 0 Å². The number of carbonyl (C=O) groups excluding carboxylic acids is 3. The third-order valence-corrected chi connectivity index (χ3v) is 0.651. The molecule has 0 heterocycles. The number of Topliss-reactive ketones (excluding diaryl/α,β-unsaturated/α-hetero) is 1. The SMILES string of the molecule is CC(=O)CC(=O)OC(C)=O.[Co]. The maximum absolute atomic E-state index is 10.4. The predicted molar refractivity (Wildman–Crippen MR) is 32.1 cm³/mol. The van der Waals surface area contributed by atoms with Gasteiger partial charge in [0.15, 0.2) is 0 Å². The Balaban J connectivity index is 0. The fourth-order valence-corrected chi connectivity index (χ4v) is 0.400. The molecule has 0 saturated heterocycles. The van der Waals surface area contributed by atoms with Crippen molar-refractivity contribution in [3.63, 3.8) is 0 Å². The van der Waals surface area contributed by atoms with Gasteiger partial charge in [0.2, 0.25) is 0 Å². The summed E-state index contributed by atoms with van der Waals surface area (Å²) in [4.78, 5) is 30.7. The van der Waals surface area contributed by atoms with E-state index in [0.29, 0.717) is 0 Å². The molecule has 0 aliphatic carbocycles. The van der Waals surface area contributed by atoms with Crippen molar-refractivity contribution in [3.8, 4) is 0 Å². The number of ketones is 1. The van der Waals surface area contributed by atoms with Gasteiger partial charge in [-0.3, -0.25) is 14.4 Å². The topological polar surface area (TPSA) is 60.4 Å². The van der Waals surface area contributed by atoms with Gasteiger partial charge in [0.05, 0.1) is 0 Å². The smallest absolute Gasteiger partial charge is 0.320 e. The van der Waals surface area contributed by atoms with E-state index in [0.717, 1.165) is 6.92 Å². The molecule has 0 N–H and O–H groups in total. The Hall–Kier alpha value is -0.684. The zero-order valence-corrected chi connectivity index (χ0v) is 7.21.